The maximum absolute atomic E-state index is 11.0. The van der Waals surface area contributed by atoms with Crippen molar-refractivity contribution in [2.45, 2.75) is 12.8 Å². The number of rotatable bonds is 8. The van der Waals surface area contributed by atoms with Crippen molar-refractivity contribution >= 4 is 17.6 Å². The lowest BCUT2D eigenvalue weighted by atomic mass is 10.1. The SMILES string of the molecule is COC(=O)CCCOc1cc([N+](=O)[O-])c(C(=O)O)cc1OC. The van der Waals surface area contributed by atoms with Gasteiger partial charge >= 0.3 is 11.9 Å². The standard InChI is InChI=1S/C13H15NO8/c1-20-10-6-8(13(16)17)9(14(18)19)7-11(10)22-5-3-4-12(15)21-2/h6-7H,3-5H2,1-2H3,(H,16,17). The molecule has 0 heterocycles. The van der Waals surface area contributed by atoms with Gasteiger partial charge in [0.15, 0.2) is 11.5 Å². The molecule has 0 aliphatic rings. The number of nitro benzene ring substituents is 1. The topological polar surface area (TPSA) is 125 Å². The first-order valence-electron chi connectivity index (χ1n) is 6.20. The van der Waals surface area contributed by atoms with Gasteiger partial charge in [0.1, 0.15) is 5.56 Å². The Kier molecular flexibility index (Phi) is 6.11. The molecule has 1 aromatic carbocycles. The van der Waals surface area contributed by atoms with Crippen LogP contribution in [0.2, 0.25) is 0 Å². The zero-order valence-electron chi connectivity index (χ0n) is 12.0. The molecule has 0 bridgehead atoms. The number of nitrogens with zero attached hydrogens (tertiary/aromatic N) is 1. The zero-order valence-corrected chi connectivity index (χ0v) is 12.0. The largest absolute Gasteiger partial charge is 0.493 e. The van der Waals surface area contributed by atoms with Gasteiger partial charge in [-0.25, -0.2) is 4.79 Å². The number of carbonyl (C=O) groups excluding carboxylic acids is 1. The van der Waals surface area contributed by atoms with Crippen molar-refractivity contribution in [3.8, 4) is 11.5 Å². The van der Waals surface area contributed by atoms with Crippen LogP contribution in [0, 0.1) is 10.1 Å². The van der Waals surface area contributed by atoms with Gasteiger partial charge in [-0.05, 0) is 6.42 Å². The quantitative estimate of drug-likeness (QED) is 0.332. The molecule has 120 valence electrons. The van der Waals surface area contributed by atoms with Crippen LogP contribution in [0.3, 0.4) is 0 Å². The second kappa shape index (κ2) is 7.81. The van der Waals surface area contributed by atoms with Crippen molar-refractivity contribution in [1.29, 1.82) is 0 Å². The Morgan fingerprint density at radius 1 is 1.27 bits per heavy atom. The van der Waals surface area contributed by atoms with Crippen LogP contribution in [0.5, 0.6) is 11.5 Å². The first kappa shape index (κ1) is 17.2. The number of hydrogen-bond donors (Lipinski definition) is 1. The highest BCUT2D eigenvalue weighted by Crippen LogP contribution is 2.34. The maximum Gasteiger partial charge on any atom is 0.342 e. The van der Waals surface area contributed by atoms with E-state index in [1.807, 2.05) is 0 Å². The summed E-state index contributed by atoms with van der Waals surface area (Å²) >= 11 is 0. The van der Waals surface area contributed by atoms with E-state index >= 15 is 0 Å². The second-order valence-electron chi connectivity index (χ2n) is 4.11. The lowest BCUT2D eigenvalue weighted by molar-refractivity contribution is -0.385. The van der Waals surface area contributed by atoms with E-state index < -0.39 is 28.1 Å². The van der Waals surface area contributed by atoms with E-state index in [9.17, 15) is 19.7 Å². The molecule has 0 amide bonds. The third kappa shape index (κ3) is 4.33. The third-order valence-corrected chi connectivity index (χ3v) is 2.72. The summed E-state index contributed by atoms with van der Waals surface area (Å²) in [6, 6.07) is 2.01. The molecule has 1 rings (SSSR count). The van der Waals surface area contributed by atoms with Crippen molar-refractivity contribution in [2.75, 3.05) is 20.8 Å². The third-order valence-electron chi connectivity index (χ3n) is 2.72. The van der Waals surface area contributed by atoms with Crippen LogP contribution in [-0.4, -0.2) is 42.8 Å². The van der Waals surface area contributed by atoms with E-state index in [4.69, 9.17) is 14.6 Å². The highest BCUT2D eigenvalue weighted by molar-refractivity contribution is 5.93. The Morgan fingerprint density at radius 3 is 2.45 bits per heavy atom. The van der Waals surface area contributed by atoms with E-state index in [0.29, 0.717) is 6.42 Å². The minimum atomic E-state index is -1.44. The molecule has 1 N–H and O–H groups in total. The molecule has 1 aromatic rings. The molecule has 0 radical (unpaired) electrons. The van der Waals surface area contributed by atoms with Crippen LogP contribution >= 0.6 is 0 Å². The van der Waals surface area contributed by atoms with Crippen molar-refractivity contribution in [1.82, 2.24) is 0 Å². The summed E-state index contributed by atoms with van der Waals surface area (Å²) in [6.07, 6.45) is 0.471. The number of carboxylic acid groups (broad SMARTS) is 1. The Bertz CT molecular complexity index is 584. The Balaban J connectivity index is 2.94. The number of benzene rings is 1. The van der Waals surface area contributed by atoms with Crippen molar-refractivity contribution in [2.24, 2.45) is 0 Å². The fourth-order valence-electron chi connectivity index (χ4n) is 1.64. The van der Waals surface area contributed by atoms with Gasteiger partial charge in [-0.1, -0.05) is 0 Å². The summed E-state index contributed by atoms with van der Waals surface area (Å²) in [6.45, 7) is 0.0923. The molecule has 0 saturated heterocycles. The number of hydrogen-bond acceptors (Lipinski definition) is 7. The van der Waals surface area contributed by atoms with Gasteiger partial charge < -0.3 is 19.3 Å². The van der Waals surface area contributed by atoms with Crippen LogP contribution in [0.15, 0.2) is 12.1 Å². The van der Waals surface area contributed by atoms with E-state index in [2.05, 4.69) is 4.74 Å². The molecule has 22 heavy (non-hydrogen) atoms. The molecule has 0 spiro atoms. The number of aromatic carboxylic acids is 1. The average Bonchev–Trinajstić information content (AvgIpc) is 2.50. The summed E-state index contributed by atoms with van der Waals surface area (Å²) in [4.78, 5) is 32.1. The minimum absolute atomic E-state index is 0.0315. The van der Waals surface area contributed by atoms with Crippen LogP contribution in [0.4, 0.5) is 5.69 Å². The van der Waals surface area contributed by atoms with Crippen molar-refractivity contribution in [3.05, 3.63) is 27.8 Å². The van der Waals surface area contributed by atoms with Crippen LogP contribution in [-0.2, 0) is 9.53 Å². The number of carbonyl (C=O) groups is 2. The molecular formula is C13H15NO8. The van der Waals surface area contributed by atoms with Crippen molar-refractivity contribution in [3.63, 3.8) is 0 Å². The smallest absolute Gasteiger partial charge is 0.342 e. The predicted octanol–water partition coefficient (Wildman–Crippen LogP) is 1.63. The molecule has 0 saturated carbocycles. The molecule has 0 fully saturated rings. The van der Waals surface area contributed by atoms with Crippen LogP contribution < -0.4 is 9.47 Å². The highest BCUT2D eigenvalue weighted by Gasteiger charge is 2.24. The summed E-state index contributed by atoms with van der Waals surface area (Å²) < 4.78 is 14.8. The molecule has 0 atom stereocenters. The van der Waals surface area contributed by atoms with Gasteiger partial charge in [0, 0.05) is 12.5 Å². The highest BCUT2D eigenvalue weighted by atomic mass is 16.6. The molecule has 0 aliphatic heterocycles. The summed E-state index contributed by atoms with van der Waals surface area (Å²) in [5, 5.41) is 19.9. The number of carboxylic acids is 1. The number of nitro groups is 1. The molecule has 0 aliphatic carbocycles. The molecule has 9 heteroatoms. The number of esters is 1. The van der Waals surface area contributed by atoms with Gasteiger partial charge in [0.2, 0.25) is 0 Å². The molecule has 0 unspecified atom stereocenters. The van der Waals surface area contributed by atoms with Crippen LogP contribution in [0.1, 0.15) is 23.2 Å². The molecular weight excluding hydrogens is 298 g/mol. The lowest BCUT2D eigenvalue weighted by Crippen LogP contribution is -2.07. The van der Waals surface area contributed by atoms with E-state index in [1.54, 1.807) is 0 Å². The number of methoxy groups -OCH3 is 2. The monoisotopic (exact) mass is 313 g/mol. The maximum atomic E-state index is 11.0. The lowest BCUT2D eigenvalue weighted by Gasteiger charge is -2.11. The predicted molar refractivity (Wildman–Crippen MR) is 73.4 cm³/mol. The zero-order chi connectivity index (χ0) is 16.7. The van der Waals surface area contributed by atoms with E-state index in [1.165, 1.54) is 14.2 Å². The van der Waals surface area contributed by atoms with Crippen LogP contribution in [0.25, 0.3) is 0 Å². The summed E-state index contributed by atoms with van der Waals surface area (Å²) in [5.41, 5.74) is -1.10. The van der Waals surface area contributed by atoms with Gasteiger partial charge in [-0.3, -0.25) is 14.9 Å². The first-order valence-corrected chi connectivity index (χ1v) is 6.20. The minimum Gasteiger partial charge on any atom is -0.493 e. The average molecular weight is 313 g/mol. The second-order valence-corrected chi connectivity index (χ2v) is 4.11. The normalized spacial score (nSPS) is 9.91. The van der Waals surface area contributed by atoms with Gasteiger partial charge in [0.25, 0.3) is 5.69 Å². The number of ether oxygens (including phenoxy) is 3. The summed E-state index contributed by atoms with van der Waals surface area (Å²) in [7, 11) is 2.55. The van der Waals surface area contributed by atoms with E-state index in [0.717, 1.165) is 12.1 Å². The fraction of sp³-hybridized carbons (Fsp3) is 0.385. The van der Waals surface area contributed by atoms with Gasteiger partial charge in [-0.2, -0.15) is 0 Å². The summed E-state index contributed by atoms with van der Waals surface area (Å²) in [5.74, 6) is -1.75. The van der Waals surface area contributed by atoms with Crippen molar-refractivity contribution < 1.29 is 33.8 Å². The fourth-order valence-corrected chi connectivity index (χ4v) is 1.64. The van der Waals surface area contributed by atoms with Gasteiger partial charge in [0.05, 0.1) is 31.8 Å². The molecule has 0 aromatic heterocycles. The Labute approximate surface area is 125 Å². The Hall–Kier alpha value is -2.84. The Morgan fingerprint density at radius 2 is 1.95 bits per heavy atom. The molecule has 9 nitrogen and oxygen atoms in total. The first-order chi connectivity index (χ1) is 10.4. The van der Waals surface area contributed by atoms with Gasteiger partial charge in [-0.15, -0.1) is 0 Å². The van der Waals surface area contributed by atoms with E-state index in [-0.39, 0.29) is 24.5 Å².